The lowest BCUT2D eigenvalue weighted by Crippen LogP contribution is -1.98. The Kier molecular flexibility index (Phi) is 2.21. The van der Waals surface area contributed by atoms with E-state index in [4.69, 9.17) is 4.74 Å². The van der Waals surface area contributed by atoms with E-state index in [0.717, 1.165) is 16.4 Å². The van der Waals surface area contributed by atoms with Crippen LogP contribution in [0.5, 0.6) is 5.75 Å². The van der Waals surface area contributed by atoms with E-state index in [1.165, 1.54) is 6.07 Å². The van der Waals surface area contributed by atoms with Gasteiger partial charge in [0.05, 0.1) is 6.10 Å². The van der Waals surface area contributed by atoms with E-state index in [2.05, 4.69) is 22.6 Å². The van der Waals surface area contributed by atoms with Crippen molar-refractivity contribution in [1.82, 2.24) is 0 Å². The summed E-state index contributed by atoms with van der Waals surface area (Å²) in [4.78, 5) is 0. The topological polar surface area (TPSA) is 9.23 Å². The zero-order valence-corrected chi connectivity index (χ0v) is 8.55. The normalized spacial score (nSPS) is 16.2. The first-order valence-electron chi connectivity index (χ1n) is 3.87. The first kappa shape index (κ1) is 8.29. The third-order valence-corrected chi connectivity index (χ3v) is 2.38. The van der Waals surface area contributed by atoms with Gasteiger partial charge in [0.1, 0.15) is 0 Å². The van der Waals surface area contributed by atoms with Crippen molar-refractivity contribution in [3.63, 3.8) is 0 Å². The number of ether oxygens (including phenoxy) is 1. The summed E-state index contributed by atoms with van der Waals surface area (Å²) in [5.74, 6) is 0.131. The van der Waals surface area contributed by atoms with E-state index in [9.17, 15) is 4.39 Å². The minimum absolute atomic E-state index is 0.256. The van der Waals surface area contributed by atoms with Crippen LogP contribution in [0.1, 0.15) is 12.8 Å². The van der Waals surface area contributed by atoms with Crippen LogP contribution >= 0.6 is 22.6 Å². The Morgan fingerprint density at radius 1 is 1.42 bits per heavy atom. The summed E-state index contributed by atoms with van der Waals surface area (Å²) >= 11 is 2.08. The number of hydrogen-bond acceptors (Lipinski definition) is 1. The van der Waals surface area contributed by atoms with Gasteiger partial charge in [-0.15, -0.1) is 0 Å². The highest BCUT2D eigenvalue weighted by atomic mass is 127. The fourth-order valence-corrected chi connectivity index (χ4v) is 1.39. The van der Waals surface area contributed by atoms with Crippen molar-refractivity contribution in [2.75, 3.05) is 0 Å². The molecular weight excluding hydrogens is 270 g/mol. The van der Waals surface area contributed by atoms with Crippen LogP contribution < -0.4 is 4.74 Å². The SMILES string of the molecule is Fc1cc(I)ccc1OC1CC1. The Labute approximate surface area is 84.1 Å². The van der Waals surface area contributed by atoms with Crippen LogP contribution in [0, 0.1) is 9.39 Å². The maximum Gasteiger partial charge on any atom is 0.166 e. The van der Waals surface area contributed by atoms with Crippen molar-refractivity contribution in [3.8, 4) is 5.75 Å². The standard InChI is InChI=1S/C9H8FIO/c10-8-5-6(11)1-4-9(8)12-7-2-3-7/h1,4-5,7H,2-3H2. The van der Waals surface area contributed by atoms with Crippen LogP contribution in [-0.2, 0) is 0 Å². The van der Waals surface area contributed by atoms with Crippen LogP contribution in [0.15, 0.2) is 18.2 Å². The molecule has 0 bridgehead atoms. The quantitative estimate of drug-likeness (QED) is 0.756. The zero-order chi connectivity index (χ0) is 8.55. The number of rotatable bonds is 2. The molecule has 3 heteroatoms. The molecule has 64 valence electrons. The first-order valence-corrected chi connectivity index (χ1v) is 4.95. The minimum atomic E-state index is -0.256. The highest BCUT2D eigenvalue weighted by Gasteiger charge is 2.24. The second-order valence-electron chi connectivity index (χ2n) is 2.89. The average Bonchev–Trinajstić information content (AvgIpc) is 2.79. The zero-order valence-electron chi connectivity index (χ0n) is 6.39. The van der Waals surface area contributed by atoms with Gasteiger partial charge in [0.2, 0.25) is 0 Å². The lowest BCUT2D eigenvalue weighted by Gasteiger charge is -2.04. The van der Waals surface area contributed by atoms with E-state index in [-0.39, 0.29) is 11.9 Å². The Morgan fingerprint density at radius 2 is 2.17 bits per heavy atom. The Hall–Kier alpha value is -0.320. The van der Waals surface area contributed by atoms with Gasteiger partial charge < -0.3 is 4.74 Å². The monoisotopic (exact) mass is 278 g/mol. The molecule has 1 aliphatic rings. The van der Waals surface area contributed by atoms with Gasteiger partial charge >= 0.3 is 0 Å². The van der Waals surface area contributed by atoms with Gasteiger partial charge in [-0.1, -0.05) is 0 Å². The average molecular weight is 278 g/mol. The fourth-order valence-electron chi connectivity index (χ4n) is 0.936. The van der Waals surface area contributed by atoms with Crippen molar-refractivity contribution in [3.05, 3.63) is 27.6 Å². The van der Waals surface area contributed by atoms with Crippen molar-refractivity contribution >= 4 is 22.6 Å². The van der Waals surface area contributed by atoms with Gasteiger partial charge in [-0.25, -0.2) is 4.39 Å². The summed E-state index contributed by atoms with van der Waals surface area (Å²) < 4.78 is 19.3. The summed E-state index contributed by atoms with van der Waals surface area (Å²) in [5, 5.41) is 0. The molecule has 0 radical (unpaired) electrons. The Morgan fingerprint density at radius 3 is 2.75 bits per heavy atom. The highest BCUT2D eigenvalue weighted by molar-refractivity contribution is 14.1. The Balaban J connectivity index is 2.18. The minimum Gasteiger partial charge on any atom is -0.487 e. The highest BCUT2D eigenvalue weighted by Crippen LogP contribution is 2.28. The number of halogens is 2. The van der Waals surface area contributed by atoms with Crippen molar-refractivity contribution in [1.29, 1.82) is 0 Å². The maximum atomic E-state index is 13.1. The van der Waals surface area contributed by atoms with E-state index in [1.807, 2.05) is 6.07 Å². The summed E-state index contributed by atoms with van der Waals surface area (Å²) in [7, 11) is 0. The molecule has 0 atom stereocenters. The number of benzene rings is 1. The molecule has 0 heterocycles. The van der Waals surface area contributed by atoms with Crippen molar-refractivity contribution in [2.45, 2.75) is 18.9 Å². The van der Waals surface area contributed by atoms with E-state index in [1.54, 1.807) is 6.07 Å². The third-order valence-electron chi connectivity index (χ3n) is 1.71. The largest absolute Gasteiger partial charge is 0.487 e. The predicted molar refractivity (Wildman–Crippen MR) is 52.8 cm³/mol. The third kappa shape index (κ3) is 1.88. The van der Waals surface area contributed by atoms with Gasteiger partial charge in [-0.3, -0.25) is 0 Å². The Bertz CT molecular complexity index is 297. The molecule has 0 aromatic heterocycles. The molecule has 2 rings (SSSR count). The van der Waals surface area contributed by atoms with Crippen molar-refractivity contribution in [2.24, 2.45) is 0 Å². The van der Waals surface area contributed by atoms with E-state index < -0.39 is 0 Å². The van der Waals surface area contributed by atoms with Crippen molar-refractivity contribution < 1.29 is 9.13 Å². The summed E-state index contributed by atoms with van der Waals surface area (Å²) in [6.45, 7) is 0. The van der Waals surface area contributed by atoms with Crippen LogP contribution in [0.3, 0.4) is 0 Å². The molecular formula is C9H8FIO. The molecule has 0 aliphatic heterocycles. The molecule has 1 aromatic rings. The van der Waals surface area contributed by atoms with E-state index >= 15 is 0 Å². The fraction of sp³-hybridized carbons (Fsp3) is 0.333. The van der Waals surface area contributed by atoms with Gasteiger partial charge in [-0.05, 0) is 53.6 Å². The van der Waals surface area contributed by atoms with Gasteiger partial charge in [0.25, 0.3) is 0 Å². The van der Waals surface area contributed by atoms with Crippen LogP contribution in [0.2, 0.25) is 0 Å². The molecule has 0 N–H and O–H groups in total. The molecule has 0 unspecified atom stereocenters. The molecule has 0 spiro atoms. The molecule has 1 nitrogen and oxygen atoms in total. The van der Waals surface area contributed by atoms with Gasteiger partial charge in [-0.2, -0.15) is 0 Å². The molecule has 1 saturated carbocycles. The predicted octanol–water partition coefficient (Wildman–Crippen LogP) is 2.97. The van der Waals surface area contributed by atoms with Crippen LogP contribution in [0.4, 0.5) is 4.39 Å². The second kappa shape index (κ2) is 3.20. The van der Waals surface area contributed by atoms with Crippen LogP contribution in [-0.4, -0.2) is 6.10 Å². The van der Waals surface area contributed by atoms with Gasteiger partial charge in [0.15, 0.2) is 11.6 Å². The van der Waals surface area contributed by atoms with E-state index in [0.29, 0.717) is 5.75 Å². The van der Waals surface area contributed by atoms with Crippen LogP contribution in [0.25, 0.3) is 0 Å². The second-order valence-corrected chi connectivity index (χ2v) is 4.14. The summed E-state index contributed by atoms with van der Waals surface area (Å²) in [5.41, 5.74) is 0. The summed E-state index contributed by atoms with van der Waals surface area (Å²) in [6.07, 6.45) is 2.39. The molecule has 1 fully saturated rings. The smallest absolute Gasteiger partial charge is 0.166 e. The molecule has 1 aliphatic carbocycles. The maximum absolute atomic E-state index is 13.1. The van der Waals surface area contributed by atoms with Gasteiger partial charge in [0, 0.05) is 3.57 Å². The lowest BCUT2D eigenvalue weighted by molar-refractivity contribution is 0.287. The first-order chi connectivity index (χ1) is 5.75. The molecule has 12 heavy (non-hydrogen) atoms. The summed E-state index contributed by atoms with van der Waals surface area (Å²) in [6, 6.07) is 5.02. The molecule has 0 saturated heterocycles. The number of hydrogen-bond donors (Lipinski definition) is 0. The lowest BCUT2D eigenvalue weighted by atomic mass is 10.3. The molecule has 1 aromatic carbocycles. The molecule has 0 amide bonds.